The first-order chi connectivity index (χ1) is 19.9. The maximum Gasteiger partial charge on any atom is 0.116 e. The highest BCUT2D eigenvalue weighted by Crippen LogP contribution is 2.36. The summed E-state index contributed by atoms with van der Waals surface area (Å²) in [6, 6.07) is 13.7. The lowest BCUT2D eigenvalue weighted by molar-refractivity contribution is 0.150. The zero-order chi connectivity index (χ0) is 28.5. The van der Waals surface area contributed by atoms with Gasteiger partial charge in [0.25, 0.3) is 0 Å². The summed E-state index contributed by atoms with van der Waals surface area (Å²) in [4.78, 5) is 20.5. The second-order valence-electron chi connectivity index (χ2n) is 12.4. The van der Waals surface area contributed by atoms with Crippen molar-refractivity contribution in [2.24, 2.45) is 0 Å². The van der Waals surface area contributed by atoms with Crippen molar-refractivity contribution in [3.63, 3.8) is 0 Å². The predicted octanol–water partition coefficient (Wildman–Crippen LogP) is 5.21. The smallest absolute Gasteiger partial charge is 0.116 e. The van der Waals surface area contributed by atoms with Crippen LogP contribution < -0.4 is 4.90 Å². The van der Waals surface area contributed by atoms with E-state index in [0.29, 0.717) is 0 Å². The highest BCUT2D eigenvalue weighted by molar-refractivity contribution is 6.09. The Labute approximate surface area is 245 Å². The third-order valence-corrected chi connectivity index (χ3v) is 9.24. The molecule has 0 spiro atoms. The Balaban J connectivity index is 1.44. The van der Waals surface area contributed by atoms with Gasteiger partial charge < -0.3 is 19.3 Å². The molecule has 0 saturated carbocycles. The summed E-state index contributed by atoms with van der Waals surface area (Å²) in [6.07, 6.45) is 3.45. The summed E-state index contributed by atoms with van der Waals surface area (Å²) in [5.41, 5.74) is 9.56. The number of aryl methyl sites for hydroxylation is 3. The molecule has 0 unspecified atom stereocenters. The fraction of sp³-hybridized carbons (Fsp3) is 0.529. The summed E-state index contributed by atoms with van der Waals surface area (Å²) in [7, 11) is 4.43. The first-order valence-electron chi connectivity index (χ1n) is 15.7. The van der Waals surface area contributed by atoms with Crippen molar-refractivity contribution in [1.29, 1.82) is 0 Å². The van der Waals surface area contributed by atoms with Gasteiger partial charge in [-0.25, -0.2) is 9.97 Å². The Bertz CT molecular complexity index is 1490. The number of pyridine rings is 1. The van der Waals surface area contributed by atoms with E-state index in [2.05, 4.69) is 95.4 Å². The van der Waals surface area contributed by atoms with Crippen LogP contribution in [0.2, 0.25) is 0 Å². The molecule has 2 aromatic carbocycles. The van der Waals surface area contributed by atoms with Crippen molar-refractivity contribution in [1.82, 2.24) is 29.2 Å². The molecule has 2 aliphatic heterocycles. The van der Waals surface area contributed by atoms with E-state index >= 15 is 0 Å². The fourth-order valence-corrected chi connectivity index (χ4v) is 6.61. The molecule has 0 bridgehead atoms. The molecule has 7 heteroatoms. The summed E-state index contributed by atoms with van der Waals surface area (Å²) < 4.78 is 2.49. The number of hydrogen-bond acceptors (Lipinski definition) is 6. The highest BCUT2D eigenvalue weighted by Gasteiger charge is 2.22. The first-order valence-corrected chi connectivity index (χ1v) is 15.7. The van der Waals surface area contributed by atoms with Crippen LogP contribution in [0.3, 0.4) is 0 Å². The topological polar surface area (TPSA) is 43.7 Å². The number of piperazine rings is 2. The Morgan fingerprint density at radius 1 is 0.780 bits per heavy atom. The van der Waals surface area contributed by atoms with E-state index in [4.69, 9.17) is 9.97 Å². The molecule has 2 fully saturated rings. The Hall–Kier alpha value is -3.00. The molecule has 4 heterocycles. The van der Waals surface area contributed by atoms with E-state index in [0.717, 1.165) is 100.0 Å². The molecule has 0 aliphatic carbocycles. The molecule has 0 amide bonds. The number of likely N-dealkylation sites (N-methyl/N-ethyl adjacent to an activating group) is 2. The number of aromatic nitrogens is 3. The number of fused-ring (bicyclic) bond motifs is 3. The average Bonchev–Trinajstić information content (AvgIpc) is 3.31. The van der Waals surface area contributed by atoms with Gasteiger partial charge in [0.05, 0.1) is 16.7 Å². The SMILES string of the molecule is CCCCc1cc(C)cc2nc(-c3ccc(N4CCN(C)CC4)cc3)c3nc(C)n(CCN4CCN(C)CC4)c3c12. The van der Waals surface area contributed by atoms with Gasteiger partial charge in [-0.05, 0) is 70.1 Å². The van der Waals surface area contributed by atoms with Crippen molar-refractivity contribution < 1.29 is 0 Å². The van der Waals surface area contributed by atoms with Crippen LogP contribution in [0.1, 0.15) is 36.7 Å². The molecule has 218 valence electrons. The van der Waals surface area contributed by atoms with Crippen LogP contribution in [-0.2, 0) is 13.0 Å². The minimum Gasteiger partial charge on any atom is -0.369 e. The number of hydrogen-bond donors (Lipinski definition) is 0. The van der Waals surface area contributed by atoms with Gasteiger partial charge in [-0.3, -0.25) is 4.90 Å². The van der Waals surface area contributed by atoms with E-state index in [1.807, 2.05) is 0 Å². The first kappa shape index (κ1) is 28.1. The van der Waals surface area contributed by atoms with E-state index in [9.17, 15) is 0 Å². The Morgan fingerprint density at radius 3 is 2.15 bits per heavy atom. The van der Waals surface area contributed by atoms with Crippen LogP contribution in [0, 0.1) is 13.8 Å². The minimum atomic E-state index is 0.952. The predicted molar refractivity (Wildman–Crippen MR) is 172 cm³/mol. The van der Waals surface area contributed by atoms with E-state index < -0.39 is 0 Å². The Kier molecular flexibility index (Phi) is 8.29. The Morgan fingerprint density at radius 2 is 1.46 bits per heavy atom. The van der Waals surface area contributed by atoms with Crippen molar-refractivity contribution in [3.05, 3.63) is 53.3 Å². The summed E-state index contributed by atoms with van der Waals surface area (Å²) >= 11 is 0. The molecule has 2 saturated heterocycles. The number of nitrogens with zero attached hydrogens (tertiary/aromatic N) is 7. The largest absolute Gasteiger partial charge is 0.369 e. The molecule has 41 heavy (non-hydrogen) atoms. The van der Waals surface area contributed by atoms with E-state index in [1.165, 1.54) is 40.6 Å². The van der Waals surface area contributed by atoms with Crippen LogP contribution >= 0.6 is 0 Å². The van der Waals surface area contributed by atoms with Gasteiger partial charge >= 0.3 is 0 Å². The van der Waals surface area contributed by atoms with Crippen LogP contribution in [0.4, 0.5) is 5.69 Å². The van der Waals surface area contributed by atoms with Gasteiger partial charge in [-0.2, -0.15) is 0 Å². The molecule has 4 aromatic rings. The highest BCUT2D eigenvalue weighted by atomic mass is 15.3. The number of unbranched alkanes of at least 4 members (excludes halogenated alkanes) is 1. The zero-order valence-electron chi connectivity index (χ0n) is 25.8. The number of anilines is 1. The van der Waals surface area contributed by atoms with Crippen molar-refractivity contribution >= 4 is 27.6 Å². The summed E-state index contributed by atoms with van der Waals surface area (Å²) in [5, 5.41) is 1.30. The molecule has 2 aliphatic rings. The molecule has 2 aromatic heterocycles. The van der Waals surface area contributed by atoms with Crippen molar-refractivity contribution in [2.45, 2.75) is 46.6 Å². The molecule has 0 N–H and O–H groups in total. The van der Waals surface area contributed by atoms with Crippen LogP contribution in [0.25, 0.3) is 33.2 Å². The average molecular weight is 554 g/mol. The molecular formula is C34H47N7. The van der Waals surface area contributed by atoms with Crippen LogP contribution in [0.15, 0.2) is 36.4 Å². The normalized spacial score (nSPS) is 17.7. The van der Waals surface area contributed by atoms with Crippen molar-refractivity contribution in [3.8, 4) is 11.3 Å². The number of rotatable bonds is 8. The molecule has 7 nitrogen and oxygen atoms in total. The van der Waals surface area contributed by atoms with E-state index in [1.54, 1.807) is 0 Å². The van der Waals surface area contributed by atoms with Gasteiger partial charge in [0.15, 0.2) is 0 Å². The summed E-state index contributed by atoms with van der Waals surface area (Å²) in [5.74, 6) is 1.08. The number of imidazole rings is 1. The molecule has 6 rings (SSSR count). The lowest BCUT2D eigenvalue weighted by atomic mass is 9.97. The van der Waals surface area contributed by atoms with E-state index in [-0.39, 0.29) is 0 Å². The maximum absolute atomic E-state index is 5.36. The second kappa shape index (κ2) is 12.1. The quantitative estimate of drug-likeness (QED) is 0.299. The molecule has 0 atom stereocenters. The second-order valence-corrected chi connectivity index (χ2v) is 12.4. The van der Waals surface area contributed by atoms with Crippen LogP contribution in [-0.4, -0.2) is 102 Å². The zero-order valence-corrected chi connectivity index (χ0v) is 25.8. The third kappa shape index (κ3) is 5.85. The van der Waals surface area contributed by atoms with Gasteiger partial charge in [-0.15, -0.1) is 0 Å². The third-order valence-electron chi connectivity index (χ3n) is 9.24. The van der Waals surface area contributed by atoms with Crippen LogP contribution in [0.5, 0.6) is 0 Å². The number of benzene rings is 2. The minimum absolute atomic E-state index is 0.952. The lowest BCUT2D eigenvalue weighted by Crippen LogP contribution is -2.45. The van der Waals surface area contributed by atoms with Gasteiger partial charge in [0.1, 0.15) is 11.3 Å². The standard InChI is InChI=1S/C34H47N7/c1-6-7-8-28-23-25(2)24-30-31(28)34-33(35-26(3)41(34)22-19-39-17-13-37(4)14-18-39)32(36-30)27-9-11-29(12-10-27)40-20-15-38(5)16-21-40/h9-12,23-24H,6-8,13-22H2,1-5H3. The van der Waals surface area contributed by atoms with Crippen molar-refractivity contribution in [2.75, 3.05) is 77.9 Å². The fourth-order valence-electron chi connectivity index (χ4n) is 6.61. The maximum atomic E-state index is 5.36. The lowest BCUT2D eigenvalue weighted by Gasteiger charge is -2.34. The van der Waals surface area contributed by atoms with Gasteiger partial charge in [0.2, 0.25) is 0 Å². The molecular weight excluding hydrogens is 506 g/mol. The molecule has 0 radical (unpaired) electrons. The van der Waals surface area contributed by atoms with Gasteiger partial charge in [0, 0.05) is 82.1 Å². The summed E-state index contributed by atoms with van der Waals surface area (Å²) in [6.45, 7) is 17.6. The van der Waals surface area contributed by atoms with Gasteiger partial charge in [-0.1, -0.05) is 31.5 Å². The monoisotopic (exact) mass is 553 g/mol.